The summed E-state index contributed by atoms with van der Waals surface area (Å²) in [4.78, 5) is 2.07. The summed E-state index contributed by atoms with van der Waals surface area (Å²) in [6.07, 6.45) is 3.05. The fourth-order valence-electron chi connectivity index (χ4n) is 1.73. The number of nitrogens with zero attached hydrogens (tertiary/aromatic N) is 1. The van der Waals surface area contributed by atoms with Gasteiger partial charge in [0.05, 0.1) is 16.3 Å². The second-order valence-electron chi connectivity index (χ2n) is 4.51. The van der Waals surface area contributed by atoms with E-state index in [1.807, 2.05) is 11.9 Å². The molecule has 1 atom stereocenters. The Bertz CT molecular complexity index is 532. The van der Waals surface area contributed by atoms with E-state index in [1.54, 1.807) is 17.8 Å². The molecule has 7 heteroatoms. The number of sulfonamides is 1. The number of nitrogens with two attached hydrogens (primary N) is 2. The summed E-state index contributed by atoms with van der Waals surface area (Å²) >= 11 is 1.78. The van der Waals surface area contributed by atoms with Crippen LogP contribution in [0.1, 0.15) is 13.3 Å². The Hall–Kier alpha value is -0.920. The van der Waals surface area contributed by atoms with Gasteiger partial charge in [-0.05, 0) is 43.6 Å². The van der Waals surface area contributed by atoms with Gasteiger partial charge in [-0.2, -0.15) is 11.8 Å². The molecule has 0 radical (unpaired) electrons. The molecule has 1 aromatic rings. The van der Waals surface area contributed by atoms with Crippen molar-refractivity contribution in [2.24, 2.45) is 5.14 Å². The van der Waals surface area contributed by atoms with Crippen LogP contribution in [-0.2, 0) is 10.0 Å². The third-order valence-corrected chi connectivity index (χ3v) is 4.67. The molecule has 0 bridgehead atoms. The standard InChI is InChI=1S/C12H21N3O2S2/c1-9(6-7-18-3)15(2)12-8-10(19(14,16)17)4-5-11(12)13/h4-5,8-9H,6-7,13H2,1-3H3,(H2,14,16,17). The Balaban J connectivity index is 3.05. The molecule has 0 spiro atoms. The van der Waals surface area contributed by atoms with Crippen LogP contribution in [-0.4, -0.2) is 33.5 Å². The molecule has 1 unspecified atom stereocenters. The van der Waals surface area contributed by atoms with Gasteiger partial charge in [-0.25, -0.2) is 13.6 Å². The SMILES string of the molecule is CSCCC(C)N(C)c1cc(S(N)(=O)=O)ccc1N. The highest BCUT2D eigenvalue weighted by atomic mass is 32.2. The van der Waals surface area contributed by atoms with Crippen molar-refractivity contribution in [3.63, 3.8) is 0 Å². The molecule has 0 aliphatic rings. The number of thioether (sulfide) groups is 1. The number of benzene rings is 1. The van der Waals surface area contributed by atoms with E-state index in [9.17, 15) is 8.42 Å². The van der Waals surface area contributed by atoms with Crippen LogP contribution < -0.4 is 15.8 Å². The van der Waals surface area contributed by atoms with Crippen LogP contribution in [0.15, 0.2) is 23.1 Å². The van der Waals surface area contributed by atoms with Gasteiger partial charge in [0.25, 0.3) is 0 Å². The van der Waals surface area contributed by atoms with Crippen molar-refractivity contribution >= 4 is 33.2 Å². The van der Waals surface area contributed by atoms with Crippen molar-refractivity contribution in [2.75, 3.05) is 29.7 Å². The lowest BCUT2D eigenvalue weighted by atomic mass is 10.2. The molecular weight excluding hydrogens is 282 g/mol. The van der Waals surface area contributed by atoms with Crippen molar-refractivity contribution in [3.8, 4) is 0 Å². The smallest absolute Gasteiger partial charge is 0.238 e. The van der Waals surface area contributed by atoms with Crippen LogP contribution in [0.3, 0.4) is 0 Å². The van der Waals surface area contributed by atoms with E-state index in [1.165, 1.54) is 12.1 Å². The van der Waals surface area contributed by atoms with Crippen molar-refractivity contribution in [1.29, 1.82) is 0 Å². The minimum Gasteiger partial charge on any atom is -0.397 e. The highest BCUT2D eigenvalue weighted by Gasteiger charge is 2.16. The molecule has 0 fully saturated rings. The second kappa shape index (κ2) is 6.49. The van der Waals surface area contributed by atoms with Crippen molar-refractivity contribution in [1.82, 2.24) is 0 Å². The summed E-state index contributed by atoms with van der Waals surface area (Å²) in [6.45, 7) is 2.08. The lowest BCUT2D eigenvalue weighted by Gasteiger charge is -2.28. The lowest BCUT2D eigenvalue weighted by Crippen LogP contribution is -2.30. The minimum atomic E-state index is -3.70. The van der Waals surface area contributed by atoms with Gasteiger partial charge in [0.15, 0.2) is 0 Å². The molecule has 1 aromatic carbocycles. The lowest BCUT2D eigenvalue weighted by molar-refractivity contribution is 0.597. The van der Waals surface area contributed by atoms with E-state index in [0.717, 1.165) is 12.2 Å². The molecule has 0 heterocycles. The zero-order valence-corrected chi connectivity index (χ0v) is 13.1. The first-order valence-corrected chi connectivity index (χ1v) is 8.85. The van der Waals surface area contributed by atoms with Crippen LogP contribution in [0.2, 0.25) is 0 Å². The Labute approximate surface area is 119 Å². The third-order valence-electron chi connectivity index (χ3n) is 3.11. The molecule has 5 nitrogen and oxygen atoms in total. The average Bonchev–Trinajstić information content (AvgIpc) is 2.34. The second-order valence-corrected chi connectivity index (χ2v) is 7.05. The van der Waals surface area contributed by atoms with Crippen LogP contribution in [0.25, 0.3) is 0 Å². The number of hydrogen-bond donors (Lipinski definition) is 2. The summed E-state index contributed by atoms with van der Waals surface area (Å²) in [5, 5.41) is 5.14. The van der Waals surface area contributed by atoms with Gasteiger partial charge in [-0.3, -0.25) is 0 Å². The largest absolute Gasteiger partial charge is 0.397 e. The van der Waals surface area contributed by atoms with Gasteiger partial charge in [-0.15, -0.1) is 0 Å². The number of primary sulfonamides is 1. The Morgan fingerprint density at radius 3 is 2.58 bits per heavy atom. The molecule has 0 amide bonds. The van der Waals surface area contributed by atoms with E-state index < -0.39 is 10.0 Å². The molecule has 108 valence electrons. The van der Waals surface area contributed by atoms with Crippen LogP contribution in [0.4, 0.5) is 11.4 Å². The number of anilines is 2. The maximum absolute atomic E-state index is 11.4. The highest BCUT2D eigenvalue weighted by Crippen LogP contribution is 2.27. The fraction of sp³-hybridized carbons (Fsp3) is 0.500. The van der Waals surface area contributed by atoms with Gasteiger partial charge < -0.3 is 10.6 Å². The van der Waals surface area contributed by atoms with Crippen LogP contribution in [0, 0.1) is 0 Å². The van der Waals surface area contributed by atoms with Crippen LogP contribution in [0.5, 0.6) is 0 Å². The average molecular weight is 303 g/mol. The summed E-state index contributed by atoms with van der Waals surface area (Å²) in [5.74, 6) is 1.04. The maximum Gasteiger partial charge on any atom is 0.238 e. The number of rotatable bonds is 6. The summed E-state index contributed by atoms with van der Waals surface area (Å²) in [5.41, 5.74) is 7.16. The normalized spacial score (nSPS) is 13.3. The summed E-state index contributed by atoms with van der Waals surface area (Å²) < 4.78 is 22.8. The summed E-state index contributed by atoms with van der Waals surface area (Å²) in [7, 11) is -1.80. The Morgan fingerprint density at radius 2 is 2.05 bits per heavy atom. The molecule has 0 saturated heterocycles. The van der Waals surface area contributed by atoms with Gasteiger partial charge in [-0.1, -0.05) is 0 Å². The topological polar surface area (TPSA) is 89.4 Å². The Kier molecular flexibility index (Phi) is 5.51. The van der Waals surface area contributed by atoms with Gasteiger partial charge >= 0.3 is 0 Å². The van der Waals surface area contributed by atoms with Gasteiger partial charge in [0.1, 0.15) is 0 Å². The fourth-order valence-corrected chi connectivity index (χ4v) is 2.84. The monoisotopic (exact) mass is 303 g/mol. The number of hydrogen-bond acceptors (Lipinski definition) is 5. The summed E-state index contributed by atoms with van der Waals surface area (Å²) in [6, 6.07) is 4.80. The first-order valence-electron chi connectivity index (χ1n) is 5.91. The van der Waals surface area contributed by atoms with E-state index in [4.69, 9.17) is 10.9 Å². The molecule has 4 N–H and O–H groups in total. The first-order chi connectivity index (χ1) is 8.77. The number of nitrogen functional groups attached to an aromatic ring is 1. The molecule has 19 heavy (non-hydrogen) atoms. The van der Waals surface area contributed by atoms with E-state index in [0.29, 0.717) is 11.4 Å². The third kappa shape index (κ3) is 4.29. The van der Waals surface area contributed by atoms with Crippen molar-refractivity contribution < 1.29 is 8.42 Å². The van der Waals surface area contributed by atoms with Crippen molar-refractivity contribution in [3.05, 3.63) is 18.2 Å². The van der Waals surface area contributed by atoms with Crippen molar-refractivity contribution in [2.45, 2.75) is 24.3 Å². The minimum absolute atomic E-state index is 0.0839. The molecule has 0 aliphatic heterocycles. The predicted molar refractivity (Wildman–Crippen MR) is 83.1 cm³/mol. The molecule has 0 aromatic heterocycles. The molecule has 0 aliphatic carbocycles. The van der Waals surface area contributed by atoms with Crippen LogP contribution >= 0.6 is 11.8 Å². The first kappa shape index (κ1) is 16.1. The predicted octanol–water partition coefficient (Wildman–Crippen LogP) is 1.49. The quantitative estimate of drug-likeness (QED) is 0.777. The Morgan fingerprint density at radius 1 is 1.42 bits per heavy atom. The van der Waals surface area contributed by atoms with E-state index >= 15 is 0 Å². The highest BCUT2D eigenvalue weighted by molar-refractivity contribution is 7.98. The molecule has 1 rings (SSSR count). The maximum atomic E-state index is 11.4. The van der Waals surface area contributed by atoms with Gasteiger partial charge in [0, 0.05) is 13.1 Å². The zero-order valence-electron chi connectivity index (χ0n) is 11.5. The zero-order chi connectivity index (χ0) is 14.6. The van der Waals surface area contributed by atoms with E-state index in [-0.39, 0.29) is 10.9 Å². The molecule has 0 saturated carbocycles. The van der Waals surface area contributed by atoms with Gasteiger partial charge in [0.2, 0.25) is 10.0 Å². The van der Waals surface area contributed by atoms with E-state index in [2.05, 4.69) is 13.2 Å². The molecular formula is C12H21N3O2S2.